The van der Waals surface area contributed by atoms with Crippen LogP contribution in [0.4, 0.5) is 8.78 Å². The van der Waals surface area contributed by atoms with Gasteiger partial charge in [-0.15, -0.1) is 0 Å². The number of hydrogen-bond donors (Lipinski definition) is 0. The highest BCUT2D eigenvalue weighted by atomic mass is 19.3. The molecule has 0 N–H and O–H groups in total. The molecule has 17 heavy (non-hydrogen) atoms. The third-order valence-corrected chi connectivity index (χ3v) is 2.20. The molecular weight excluding hydrogens is 232 g/mol. The summed E-state index contributed by atoms with van der Waals surface area (Å²) in [5.74, 6) is -0.764. The maximum absolute atomic E-state index is 12.7. The Kier molecular flexibility index (Phi) is 4.37. The van der Waals surface area contributed by atoms with Gasteiger partial charge in [0.05, 0.1) is 13.7 Å². The number of esters is 1. The normalized spacial score (nSPS) is 10.5. The summed E-state index contributed by atoms with van der Waals surface area (Å²) in [6.45, 7) is 3.18. The third-order valence-electron chi connectivity index (χ3n) is 2.20. The molecule has 1 aromatic heterocycles. The highest BCUT2D eigenvalue weighted by molar-refractivity contribution is 5.89. The summed E-state index contributed by atoms with van der Waals surface area (Å²) < 4.78 is 35.0. The first-order valence-corrected chi connectivity index (χ1v) is 5.02. The lowest BCUT2D eigenvalue weighted by molar-refractivity contribution is 0.0516. The van der Waals surface area contributed by atoms with Crippen molar-refractivity contribution in [3.8, 4) is 5.88 Å². The van der Waals surface area contributed by atoms with Crippen molar-refractivity contribution in [1.29, 1.82) is 0 Å². The number of ether oxygens (including phenoxy) is 2. The number of halogens is 2. The monoisotopic (exact) mass is 245 g/mol. The van der Waals surface area contributed by atoms with Gasteiger partial charge in [0.25, 0.3) is 6.43 Å². The minimum Gasteiger partial charge on any atom is -0.481 e. The molecule has 0 saturated heterocycles. The van der Waals surface area contributed by atoms with Gasteiger partial charge in [-0.1, -0.05) is 0 Å². The number of alkyl halides is 2. The van der Waals surface area contributed by atoms with Crippen LogP contribution in [0, 0.1) is 6.92 Å². The van der Waals surface area contributed by atoms with Crippen molar-refractivity contribution >= 4 is 5.97 Å². The number of hydrogen-bond acceptors (Lipinski definition) is 4. The summed E-state index contributed by atoms with van der Waals surface area (Å²) in [6, 6.07) is 1.11. The molecule has 0 unspecified atom stereocenters. The van der Waals surface area contributed by atoms with Crippen LogP contribution in [0.5, 0.6) is 5.88 Å². The molecule has 0 fully saturated rings. The van der Waals surface area contributed by atoms with Crippen molar-refractivity contribution in [2.75, 3.05) is 13.7 Å². The van der Waals surface area contributed by atoms with Crippen LogP contribution in [0.15, 0.2) is 6.07 Å². The lowest BCUT2D eigenvalue weighted by Gasteiger charge is -2.11. The van der Waals surface area contributed by atoms with E-state index in [1.807, 2.05) is 0 Å². The third kappa shape index (κ3) is 2.89. The number of pyridine rings is 1. The summed E-state index contributed by atoms with van der Waals surface area (Å²) in [4.78, 5) is 15.3. The number of carbonyl (C=O) groups is 1. The molecule has 0 spiro atoms. The van der Waals surface area contributed by atoms with Crippen LogP contribution in [0.2, 0.25) is 0 Å². The van der Waals surface area contributed by atoms with Gasteiger partial charge in [0, 0.05) is 11.6 Å². The molecule has 0 amide bonds. The number of aromatic nitrogens is 1. The fourth-order valence-electron chi connectivity index (χ4n) is 1.33. The van der Waals surface area contributed by atoms with Crippen LogP contribution < -0.4 is 4.74 Å². The van der Waals surface area contributed by atoms with E-state index in [0.717, 1.165) is 6.07 Å². The van der Waals surface area contributed by atoms with E-state index >= 15 is 0 Å². The van der Waals surface area contributed by atoms with Crippen LogP contribution in [-0.2, 0) is 4.74 Å². The Morgan fingerprint density at radius 1 is 1.53 bits per heavy atom. The van der Waals surface area contributed by atoms with Crippen molar-refractivity contribution < 1.29 is 23.0 Å². The Balaban J connectivity index is 3.28. The predicted molar refractivity (Wildman–Crippen MR) is 56.4 cm³/mol. The van der Waals surface area contributed by atoms with Gasteiger partial charge in [-0.25, -0.2) is 18.6 Å². The molecule has 0 radical (unpaired) electrons. The van der Waals surface area contributed by atoms with Gasteiger partial charge in [-0.3, -0.25) is 0 Å². The maximum atomic E-state index is 12.7. The summed E-state index contributed by atoms with van der Waals surface area (Å²) in [5.41, 5.74) is -0.305. The number of nitrogens with zero attached hydrogens (tertiary/aromatic N) is 1. The van der Waals surface area contributed by atoms with E-state index in [1.165, 1.54) is 14.0 Å². The molecule has 0 aliphatic carbocycles. The summed E-state index contributed by atoms with van der Waals surface area (Å²) in [5, 5.41) is 0. The Morgan fingerprint density at radius 3 is 2.65 bits per heavy atom. The molecule has 1 aromatic rings. The van der Waals surface area contributed by atoms with E-state index in [2.05, 4.69) is 4.98 Å². The van der Waals surface area contributed by atoms with Gasteiger partial charge in [-0.05, 0) is 19.4 Å². The lowest BCUT2D eigenvalue weighted by Crippen LogP contribution is -2.12. The molecule has 0 bridgehead atoms. The molecule has 0 aliphatic heterocycles. The lowest BCUT2D eigenvalue weighted by atomic mass is 10.1. The van der Waals surface area contributed by atoms with Crippen molar-refractivity contribution in [2.45, 2.75) is 20.3 Å². The molecule has 6 heteroatoms. The van der Waals surface area contributed by atoms with Crippen molar-refractivity contribution in [3.05, 3.63) is 22.9 Å². The van der Waals surface area contributed by atoms with Gasteiger partial charge < -0.3 is 9.47 Å². The topological polar surface area (TPSA) is 48.4 Å². The van der Waals surface area contributed by atoms with Crippen LogP contribution in [-0.4, -0.2) is 24.7 Å². The highest BCUT2D eigenvalue weighted by Crippen LogP contribution is 2.27. The Labute approximate surface area is 97.6 Å². The first-order chi connectivity index (χ1) is 8.01. The van der Waals surface area contributed by atoms with Crippen LogP contribution in [0.25, 0.3) is 0 Å². The second kappa shape index (κ2) is 5.56. The fraction of sp³-hybridized carbons (Fsp3) is 0.455. The molecule has 94 valence electrons. The van der Waals surface area contributed by atoms with Crippen LogP contribution >= 0.6 is 0 Å². The first-order valence-electron chi connectivity index (χ1n) is 5.02. The zero-order chi connectivity index (χ0) is 13.0. The van der Waals surface area contributed by atoms with E-state index in [0.29, 0.717) is 0 Å². The summed E-state index contributed by atoms with van der Waals surface area (Å²) in [6.07, 6.45) is -2.69. The minimum atomic E-state index is -2.69. The number of rotatable bonds is 4. The van der Waals surface area contributed by atoms with Crippen molar-refractivity contribution in [2.24, 2.45) is 0 Å². The zero-order valence-electron chi connectivity index (χ0n) is 9.79. The first kappa shape index (κ1) is 13.3. The standard InChI is InChI=1S/C11H13F2NO3/c1-4-17-11(15)9-6(2)7(10(12)13)5-8(14-9)16-3/h5,10H,4H2,1-3H3. The second-order valence-electron chi connectivity index (χ2n) is 3.25. The van der Waals surface area contributed by atoms with Crippen LogP contribution in [0.3, 0.4) is 0 Å². The number of carbonyl (C=O) groups excluding carboxylic acids is 1. The van der Waals surface area contributed by atoms with Gasteiger partial charge in [-0.2, -0.15) is 0 Å². The molecule has 0 aliphatic rings. The van der Waals surface area contributed by atoms with Gasteiger partial charge >= 0.3 is 5.97 Å². The molecular formula is C11H13F2NO3. The highest BCUT2D eigenvalue weighted by Gasteiger charge is 2.21. The Hall–Kier alpha value is -1.72. The van der Waals surface area contributed by atoms with Gasteiger partial charge in [0.15, 0.2) is 5.69 Å². The minimum absolute atomic E-state index is 0.0334. The quantitative estimate of drug-likeness (QED) is 0.765. The number of methoxy groups -OCH3 is 1. The van der Waals surface area contributed by atoms with Gasteiger partial charge in [0.1, 0.15) is 0 Å². The van der Waals surface area contributed by atoms with E-state index in [-0.39, 0.29) is 29.3 Å². The Morgan fingerprint density at radius 2 is 2.18 bits per heavy atom. The largest absolute Gasteiger partial charge is 0.481 e. The molecule has 1 heterocycles. The maximum Gasteiger partial charge on any atom is 0.357 e. The smallest absolute Gasteiger partial charge is 0.357 e. The SMILES string of the molecule is CCOC(=O)c1nc(OC)cc(C(F)F)c1C. The fourth-order valence-corrected chi connectivity index (χ4v) is 1.33. The van der Waals surface area contributed by atoms with Crippen LogP contribution in [0.1, 0.15) is 35.0 Å². The predicted octanol–water partition coefficient (Wildman–Crippen LogP) is 2.51. The zero-order valence-corrected chi connectivity index (χ0v) is 9.79. The van der Waals surface area contributed by atoms with E-state index in [4.69, 9.17) is 9.47 Å². The van der Waals surface area contributed by atoms with E-state index in [1.54, 1.807) is 6.92 Å². The molecule has 0 aromatic carbocycles. The molecule has 0 atom stereocenters. The summed E-state index contributed by atoms with van der Waals surface area (Å²) >= 11 is 0. The second-order valence-corrected chi connectivity index (χ2v) is 3.25. The van der Waals surface area contributed by atoms with Crippen molar-refractivity contribution in [1.82, 2.24) is 4.98 Å². The van der Waals surface area contributed by atoms with E-state index in [9.17, 15) is 13.6 Å². The molecule has 1 rings (SSSR count). The van der Waals surface area contributed by atoms with Crippen molar-refractivity contribution in [3.63, 3.8) is 0 Å². The van der Waals surface area contributed by atoms with E-state index < -0.39 is 12.4 Å². The summed E-state index contributed by atoms with van der Waals surface area (Å²) in [7, 11) is 1.29. The Bertz CT molecular complexity index is 421. The average Bonchev–Trinajstić information content (AvgIpc) is 2.29. The molecule has 4 nitrogen and oxygen atoms in total. The van der Waals surface area contributed by atoms with Gasteiger partial charge in [0.2, 0.25) is 5.88 Å². The molecule has 0 saturated carbocycles. The average molecular weight is 245 g/mol.